The van der Waals surface area contributed by atoms with Crippen LogP contribution in [0.5, 0.6) is 11.6 Å². The summed E-state index contributed by atoms with van der Waals surface area (Å²) in [5.41, 5.74) is 3.37. The molecule has 6 rings (SSSR count). The average molecular weight is 995 g/mol. The first-order chi connectivity index (χ1) is 33.3. The number of aryl methyl sites for hydroxylation is 1. The van der Waals surface area contributed by atoms with Gasteiger partial charge in [0, 0.05) is 44.5 Å². The number of likely N-dealkylation sites (tertiary alicyclic amines) is 1. The van der Waals surface area contributed by atoms with Gasteiger partial charge in [-0.3, -0.25) is 40.2 Å². The number of halogens is 3. The fourth-order valence-electron chi connectivity index (χ4n) is 8.75. The highest BCUT2D eigenvalue weighted by Gasteiger charge is 2.55. The van der Waals surface area contributed by atoms with Gasteiger partial charge in [-0.25, -0.2) is 23.4 Å². The van der Waals surface area contributed by atoms with Crippen LogP contribution in [0.2, 0.25) is 5.02 Å². The van der Waals surface area contributed by atoms with Crippen LogP contribution in [-0.2, 0) is 41.6 Å². The first-order valence-electron chi connectivity index (χ1n) is 23.0. The van der Waals surface area contributed by atoms with Crippen LogP contribution in [0.3, 0.4) is 0 Å². The summed E-state index contributed by atoms with van der Waals surface area (Å²) >= 11 is 5.94. The number of piperazine rings is 1. The predicted octanol–water partition coefficient (Wildman–Crippen LogP) is 6.87. The van der Waals surface area contributed by atoms with Gasteiger partial charge in [0.1, 0.15) is 17.4 Å². The zero-order valence-corrected chi connectivity index (χ0v) is 39.4. The van der Waals surface area contributed by atoms with E-state index in [1.54, 1.807) is 18.2 Å². The topological polar surface area (TPSA) is 226 Å². The van der Waals surface area contributed by atoms with E-state index in [9.17, 15) is 18.4 Å². The number of nitrogens with zero attached hydrogens (tertiary/aromatic N) is 6. The van der Waals surface area contributed by atoms with Gasteiger partial charge in [0.05, 0.1) is 68.4 Å². The summed E-state index contributed by atoms with van der Waals surface area (Å²) in [6.45, 7) is 2.74. The van der Waals surface area contributed by atoms with E-state index in [2.05, 4.69) is 14.7 Å². The van der Waals surface area contributed by atoms with Gasteiger partial charge in [-0.1, -0.05) is 35.9 Å². The molecule has 3 fully saturated rings. The lowest BCUT2D eigenvalue weighted by atomic mass is 9.70. The van der Waals surface area contributed by atoms with Crippen LogP contribution >= 0.6 is 11.6 Å². The molecule has 3 aromatic rings. The van der Waals surface area contributed by atoms with Gasteiger partial charge in [-0.05, 0) is 106 Å². The molecule has 3 aliphatic rings. The molecule has 23 heteroatoms. The number of pyridine rings is 1. The standard InChI is InChI=1S/C46H61ClF2N6O14/c1-30-33(17-18-50-43(30)65-25-24-63-2)27-52(34-13-14-34)44(56)40-36(32-11-9-31(10-12-32)8-7-21-64-42-38(49)16-15-37(48)41(42)47)26-35-28-51(45(57)66-19-3-5-22-68-54(59)60)29-39(40)53(35)46(58)67-20-4-6-23-69-55(61)62/h9-12,15-18,34-36,39-40,59-62H,3-8,13-14,19-29H2,1-2H3. The molecule has 2 saturated heterocycles. The molecule has 4 atom stereocenters. The summed E-state index contributed by atoms with van der Waals surface area (Å²) in [6.07, 6.45) is 4.50. The first kappa shape index (κ1) is 53.3. The number of piperidine rings is 1. The van der Waals surface area contributed by atoms with E-state index in [-0.39, 0.29) is 83.4 Å². The highest BCUT2D eigenvalue weighted by molar-refractivity contribution is 6.32. The number of hydrogen-bond donors (Lipinski definition) is 4. The van der Waals surface area contributed by atoms with Crippen molar-refractivity contribution in [2.75, 3.05) is 66.4 Å². The fourth-order valence-corrected chi connectivity index (χ4v) is 8.95. The molecule has 1 aromatic heterocycles. The van der Waals surface area contributed by atoms with E-state index in [1.165, 1.54) is 4.90 Å². The molecule has 0 spiro atoms. The van der Waals surface area contributed by atoms with Crippen LogP contribution in [0.25, 0.3) is 0 Å². The lowest BCUT2D eigenvalue weighted by molar-refractivity contribution is -0.492. The van der Waals surface area contributed by atoms with Crippen molar-refractivity contribution < 1.29 is 77.4 Å². The molecule has 69 heavy (non-hydrogen) atoms. The molecule has 380 valence electrons. The summed E-state index contributed by atoms with van der Waals surface area (Å²) in [5, 5.41) is 34.2. The highest BCUT2D eigenvalue weighted by Crippen LogP contribution is 2.46. The molecule has 0 radical (unpaired) electrons. The molecule has 2 aromatic carbocycles. The van der Waals surface area contributed by atoms with Gasteiger partial charge in [0.2, 0.25) is 11.8 Å². The molecule has 1 saturated carbocycles. The Morgan fingerprint density at radius 2 is 1.43 bits per heavy atom. The Balaban J connectivity index is 1.27. The monoisotopic (exact) mass is 994 g/mol. The molecule has 4 N–H and O–H groups in total. The second-order valence-electron chi connectivity index (χ2n) is 17.0. The zero-order valence-electron chi connectivity index (χ0n) is 38.6. The van der Waals surface area contributed by atoms with Gasteiger partial charge in [0.15, 0.2) is 11.6 Å². The van der Waals surface area contributed by atoms with E-state index >= 15 is 4.79 Å². The van der Waals surface area contributed by atoms with Crippen molar-refractivity contribution in [3.8, 4) is 11.6 Å². The first-order valence-corrected chi connectivity index (χ1v) is 23.3. The number of aromatic nitrogens is 1. The number of hydrogen-bond acceptors (Lipinski definition) is 17. The zero-order chi connectivity index (χ0) is 49.5. The van der Waals surface area contributed by atoms with Gasteiger partial charge in [0.25, 0.3) is 0 Å². The number of ether oxygens (including phenoxy) is 5. The normalized spacial score (nSPS) is 18.9. The van der Waals surface area contributed by atoms with Gasteiger partial charge in [-0.2, -0.15) is 0 Å². The summed E-state index contributed by atoms with van der Waals surface area (Å²) in [7, 11) is 1.57. The number of amides is 3. The minimum Gasteiger partial charge on any atom is -0.489 e. The lowest BCUT2D eigenvalue weighted by Crippen LogP contribution is -2.69. The Bertz CT molecular complexity index is 2140. The molecule has 3 heterocycles. The maximum atomic E-state index is 15.6. The smallest absolute Gasteiger partial charge is 0.410 e. The number of unbranched alkanes of at least 4 members (excludes halogenated alkanes) is 2. The third-order valence-corrected chi connectivity index (χ3v) is 12.7. The number of carbonyl (C=O) groups excluding carboxylic acids is 3. The quantitative estimate of drug-likeness (QED) is 0.0366. The number of benzene rings is 2. The minimum absolute atomic E-state index is 0.00148. The number of carbonyl (C=O) groups is 3. The van der Waals surface area contributed by atoms with E-state index in [0.29, 0.717) is 51.0 Å². The van der Waals surface area contributed by atoms with Crippen molar-refractivity contribution >= 4 is 29.7 Å². The molecular formula is C46H61ClF2N6O14. The molecule has 2 aliphatic heterocycles. The maximum Gasteiger partial charge on any atom is 0.410 e. The van der Waals surface area contributed by atoms with E-state index in [4.69, 9.17) is 56.1 Å². The summed E-state index contributed by atoms with van der Waals surface area (Å²) in [6, 6.07) is 9.96. The van der Waals surface area contributed by atoms with Crippen LogP contribution in [0.1, 0.15) is 79.5 Å². The largest absolute Gasteiger partial charge is 0.489 e. The van der Waals surface area contributed by atoms with E-state index < -0.39 is 63.5 Å². The highest BCUT2D eigenvalue weighted by atomic mass is 35.5. The van der Waals surface area contributed by atoms with Crippen molar-refractivity contribution in [2.45, 2.75) is 95.3 Å². The Hall–Kier alpha value is -5.01. The van der Waals surface area contributed by atoms with Crippen LogP contribution < -0.4 is 9.47 Å². The van der Waals surface area contributed by atoms with Crippen molar-refractivity contribution in [1.82, 2.24) is 30.5 Å². The van der Waals surface area contributed by atoms with Gasteiger partial charge in [-0.15, -0.1) is 0 Å². The van der Waals surface area contributed by atoms with Crippen LogP contribution in [-0.4, -0.2) is 154 Å². The molecule has 4 unspecified atom stereocenters. The second-order valence-corrected chi connectivity index (χ2v) is 17.4. The van der Waals surface area contributed by atoms with Crippen molar-refractivity contribution in [2.24, 2.45) is 5.92 Å². The van der Waals surface area contributed by atoms with Crippen molar-refractivity contribution in [1.29, 1.82) is 0 Å². The molecular weight excluding hydrogens is 934 g/mol. The van der Waals surface area contributed by atoms with Crippen LogP contribution in [0.15, 0.2) is 48.7 Å². The van der Waals surface area contributed by atoms with Crippen LogP contribution in [0, 0.1) is 24.5 Å². The Morgan fingerprint density at radius 1 is 0.783 bits per heavy atom. The van der Waals surface area contributed by atoms with Crippen LogP contribution in [0.4, 0.5) is 18.4 Å². The minimum atomic E-state index is -0.875. The Kier molecular flexibility index (Phi) is 20.3. The van der Waals surface area contributed by atoms with Gasteiger partial charge >= 0.3 is 12.2 Å². The Labute approximate surface area is 403 Å². The molecule has 2 bridgehead atoms. The third-order valence-electron chi connectivity index (χ3n) is 12.3. The summed E-state index contributed by atoms with van der Waals surface area (Å²) in [4.78, 5) is 62.2. The summed E-state index contributed by atoms with van der Waals surface area (Å²) in [5.74, 6) is -2.98. The predicted molar refractivity (Wildman–Crippen MR) is 237 cm³/mol. The number of rotatable bonds is 26. The number of methoxy groups -OCH3 is 1. The van der Waals surface area contributed by atoms with Gasteiger partial charge < -0.3 is 33.5 Å². The SMILES string of the molecule is COCCOc1nccc(CN(C(=O)C2C(c3ccc(CCCOc4c(F)ccc(F)c4Cl)cc3)CC3CN(C(=O)OCCCCON(O)O)CC2N3C(=O)OCCCCON(O)O)C2CC2)c1C. The maximum absolute atomic E-state index is 15.6. The summed E-state index contributed by atoms with van der Waals surface area (Å²) < 4.78 is 56.3. The average Bonchev–Trinajstić information content (AvgIpc) is 4.17. The van der Waals surface area contributed by atoms with E-state index in [1.807, 2.05) is 42.2 Å². The Morgan fingerprint density at radius 3 is 2.09 bits per heavy atom. The van der Waals surface area contributed by atoms with E-state index in [0.717, 1.165) is 47.2 Å². The second kappa shape index (κ2) is 26.3. The molecule has 20 nitrogen and oxygen atoms in total. The molecule has 3 amide bonds. The lowest BCUT2D eigenvalue weighted by Gasteiger charge is -2.54. The number of fused-ring (bicyclic) bond motifs is 2. The molecule has 1 aliphatic carbocycles. The van der Waals surface area contributed by atoms with Crippen molar-refractivity contribution in [3.63, 3.8) is 0 Å². The third kappa shape index (κ3) is 15.0. The van der Waals surface area contributed by atoms with Crippen molar-refractivity contribution in [3.05, 3.63) is 87.6 Å². The fraction of sp³-hybridized carbons (Fsp3) is 0.565.